The van der Waals surface area contributed by atoms with Crippen molar-refractivity contribution >= 4 is 0 Å². The average molecular weight is 259 g/mol. The van der Waals surface area contributed by atoms with Crippen LogP contribution in [-0.4, -0.2) is 28.6 Å². The Kier molecular flexibility index (Phi) is 3.64. The third-order valence-electron chi connectivity index (χ3n) is 5.12. The highest BCUT2D eigenvalue weighted by Crippen LogP contribution is 2.41. The second-order valence-corrected chi connectivity index (χ2v) is 6.22. The van der Waals surface area contributed by atoms with Crippen molar-refractivity contribution in [3.63, 3.8) is 0 Å². The van der Waals surface area contributed by atoms with E-state index in [1.165, 1.54) is 24.8 Å². The number of hydrogen-bond acceptors (Lipinski definition) is 2. The molecule has 1 aromatic carbocycles. The quantitative estimate of drug-likeness (QED) is 0.879. The van der Waals surface area contributed by atoms with Crippen LogP contribution in [0.4, 0.5) is 0 Å². The van der Waals surface area contributed by atoms with Crippen LogP contribution in [0.2, 0.25) is 0 Å². The predicted molar refractivity (Wildman–Crippen MR) is 78.2 cm³/mol. The first kappa shape index (κ1) is 13.1. The minimum absolute atomic E-state index is 0.306. The molecule has 1 saturated heterocycles. The van der Waals surface area contributed by atoms with E-state index in [0.29, 0.717) is 18.0 Å². The Balaban J connectivity index is 1.89. The smallest absolute Gasteiger partial charge is 0.0948 e. The summed E-state index contributed by atoms with van der Waals surface area (Å²) in [6.07, 6.45) is 4.58. The van der Waals surface area contributed by atoms with Gasteiger partial charge in [-0.3, -0.25) is 4.90 Å². The van der Waals surface area contributed by atoms with Gasteiger partial charge in [0.05, 0.1) is 6.10 Å². The van der Waals surface area contributed by atoms with Gasteiger partial charge in [-0.15, -0.1) is 0 Å². The third kappa shape index (κ3) is 2.21. The summed E-state index contributed by atoms with van der Waals surface area (Å²) >= 11 is 0. The molecule has 104 valence electrons. The molecule has 0 bridgehead atoms. The van der Waals surface area contributed by atoms with E-state index in [0.717, 1.165) is 18.5 Å². The molecule has 4 atom stereocenters. The first-order valence-corrected chi connectivity index (χ1v) is 7.75. The van der Waals surface area contributed by atoms with Crippen LogP contribution in [0.15, 0.2) is 24.3 Å². The van der Waals surface area contributed by atoms with Gasteiger partial charge in [0.1, 0.15) is 0 Å². The molecule has 0 radical (unpaired) electrons. The molecule has 1 aliphatic carbocycles. The topological polar surface area (TPSA) is 23.5 Å². The zero-order valence-electron chi connectivity index (χ0n) is 12.0. The normalized spacial score (nSPS) is 35.3. The maximum Gasteiger partial charge on any atom is 0.0948 e. The Hall–Kier alpha value is -0.860. The van der Waals surface area contributed by atoms with Crippen molar-refractivity contribution in [3.05, 3.63) is 35.4 Å². The first-order valence-electron chi connectivity index (χ1n) is 7.75. The Labute approximate surface area is 116 Å². The van der Waals surface area contributed by atoms with E-state index >= 15 is 0 Å². The first-order chi connectivity index (χ1) is 9.22. The number of nitrogens with zero attached hydrogens (tertiary/aromatic N) is 1. The van der Waals surface area contributed by atoms with Crippen LogP contribution in [0.3, 0.4) is 0 Å². The monoisotopic (exact) mass is 259 g/mol. The molecule has 2 nitrogen and oxygen atoms in total. The largest absolute Gasteiger partial charge is 0.387 e. The SMILES string of the molecule is CCC1CCCN1C1CC(C)c2ccccc2C1O. The molecule has 0 aromatic heterocycles. The van der Waals surface area contributed by atoms with Gasteiger partial charge in [-0.05, 0) is 49.3 Å². The highest BCUT2D eigenvalue weighted by Gasteiger charge is 2.39. The lowest BCUT2D eigenvalue weighted by Gasteiger charge is -2.41. The van der Waals surface area contributed by atoms with Gasteiger partial charge in [-0.25, -0.2) is 0 Å². The third-order valence-corrected chi connectivity index (χ3v) is 5.12. The number of aliphatic hydroxyl groups is 1. The summed E-state index contributed by atoms with van der Waals surface area (Å²) in [4.78, 5) is 2.58. The summed E-state index contributed by atoms with van der Waals surface area (Å²) in [6.45, 7) is 5.74. The van der Waals surface area contributed by atoms with Crippen LogP contribution in [0.1, 0.15) is 62.7 Å². The molecule has 1 heterocycles. The fourth-order valence-corrected chi connectivity index (χ4v) is 4.10. The summed E-state index contributed by atoms with van der Waals surface area (Å²) in [5.74, 6) is 0.558. The molecule has 2 aliphatic rings. The second kappa shape index (κ2) is 5.26. The molecule has 1 fully saturated rings. The number of aliphatic hydroxyl groups excluding tert-OH is 1. The minimum atomic E-state index is -0.306. The molecule has 3 rings (SSSR count). The van der Waals surface area contributed by atoms with Crippen molar-refractivity contribution in [2.24, 2.45) is 0 Å². The number of rotatable bonds is 2. The Morgan fingerprint density at radius 1 is 1.26 bits per heavy atom. The van der Waals surface area contributed by atoms with Gasteiger partial charge < -0.3 is 5.11 Å². The zero-order valence-corrected chi connectivity index (χ0v) is 12.0. The summed E-state index contributed by atoms with van der Waals surface area (Å²) in [5, 5.41) is 10.8. The number of likely N-dealkylation sites (tertiary alicyclic amines) is 1. The lowest BCUT2D eigenvalue weighted by molar-refractivity contribution is 0.0235. The molecule has 2 heteroatoms. The molecule has 0 saturated carbocycles. The van der Waals surface area contributed by atoms with Gasteiger partial charge in [0.15, 0.2) is 0 Å². The van der Waals surface area contributed by atoms with Crippen LogP contribution in [0.25, 0.3) is 0 Å². The maximum atomic E-state index is 10.8. The summed E-state index contributed by atoms with van der Waals surface area (Å²) in [7, 11) is 0. The summed E-state index contributed by atoms with van der Waals surface area (Å²) < 4.78 is 0. The lowest BCUT2D eigenvalue weighted by Crippen LogP contribution is -2.45. The molecule has 1 N–H and O–H groups in total. The molecule has 1 aromatic rings. The maximum absolute atomic E-state index is 10.8. The van der Waals surface area contributed by atoms with Crippen molar-refractivity contribution in [1.29, 1.82) is 0 Å². The minimum Gasteiger partial charge on any atom is -0.387 e. The predicted octanol–water partition coefficient (Wildman–Crippen LogP) is 3.47. The average Bonchev–Trinajstić information content (AvgIpc) is 2.91. The van der Waals surface area contributed by atoms with Crippen molar-refractivity contribution in [3.8, 4) is 0 Å². The van der Waals surface area contributed by atoms with E-state index in [4.69, 9.17) is 0 Å². The highest BCUT2D eigenvalue weighted by atomic mass is 16.3. The summed E-state index contributed by atoms with van der Waals surface area (Å²) in [5.41, 5.74) is 2.51. The van der Waals surface area contributed by atoms with Gasteiger partial charge in [0, 0.05) is 12.1 Å². The van der Waals surface area contributed by atoms with E-state index < -0.39 is 0 Å². The van der Waals surface area contributed by atoms with Gasteiger partial charge >= 0.3 is 0 Å². The summed E-state index contributed by atoms with van der Waals surface area (Å²) in [6, 6.07) is 9.43. The molecule has 4 unspecified atom stereocenters. The fourth-order valence-electron chi connectivity index (χ4n) is 4.10. The Morgan fingerprint density at radius 2 is 2.00 bits per heavy atom. The molecule has 0 amide bonds. The van der Waals surface area contributed by atoms with Crippen LogP contribution in [0.5, 0.6) is 0 Å². The van der Waals surface area contributed by atoms with Crippen LogP contribution in [-0.2, 0) is 0 Å². The van der Waals surface area contributed by atoms with Crippen LogP contribution < -0.4 is 0 Å². The molecule has 1 aliphatic heterocycles. The number of hydrogen-bond donors (Lipinski definition) is 1. The van der Waals surface area contributed by atoms with E-state index in [2.05, 4.69) is 43.0 Å². The van der Waals surface area contributed by atoms with E-state index in [1.54, 1.807) is 0 Å². The van der Waals surface area contributed by atoms with Gasteiger partial charge in [0.25, 0.3) is 0 Å². The lowest BCUT2D eigenvalue weighted by atomic mass is 9.78. The van der Waals surface area contributed by atoms with Gasteiger partial charge in [-0.1, -0.05) is 38.1 Å². The molecular weight excluding hydrogens is 234 g/mol. The zero-order chi connectivity index (χ0) is 13.4. The van der Waals surface area contributed by atoms with Crippen LogP contribution in [0, 0.1) is 0 Å². The van der Waals surface area contributed by atoms with Crippen molar-refractivity contribution in [2.75, 3.05) is 6.54 Å². The Bertz CT molecular complexity index is 445. The van der Waals surface area contributed by atoms with Crippen molar-refractivity contribution < 1.29 is 5.11 Å². The van der Waals surface area contributed by atoms with Crippen LogP contribution >= 0.6 is 0 Å². The molecular formula is C17H25NO. The van der Waals surface area contributed by atoms with Gasteiger partial charge in [0.2, 0.25) is 0 Å². The van der Waals surface area contributed by atoms with E-state index in [1.807, 2.05) is 0 Å². The Morgan fingerprint density at radius 3 is 2.74 bits per heavy atom. The standard InChI is InChI=1S/C17H25NO/c1-3-13-7-6-10-18(13)16-11-12(2)14-8-4-5-9-15(14)17(16)19/h4-5,8-9,12-13,16-17,19H,3,6-7,10-11H2,1-2H3. The molecule has 19 heavy (non-hydrogen) atoms. The second-order valence-electron chi connectivity index (χ2n) is 6.22. The van der Waals surface area contributed by atoms with E-state index in [-0.39, 0.29) is 6.10 Å². The van der Waals surface area contributed by atoms with Gasteiger partial charge in [-0.2, -0.15) is 0 Å². The highest BCUT2D eigenvalue weighted by molar-refractivity contribution is 5.35. The molecule has 0 spiro atoms. The number of benzene rings is 1. The van der Waals surface area contributed by atoms with Crippen molar-refractivity contribution in [2.45, 2.75) is 63.6 Å². The van der Waals surface area contributed by atoms with Crippen molar-refractivity contribution in [1.82, 2.24) is 4.90 Å². The van der Waals surface area contributed by atoms with E-state index in [9.17, 15) is 5.11 Å². The fraction of sp³-hybridized carbons (Fsp3) is 0.647. The number of fused-ring (bicyclic) bond motifs is 1.